The molecular weight excluding hydrogens is 408 g/mol. The number of aliphatic imine (C=N–C) groups is 1. The van der Waals surface area contributed by atoms with Gasteiger partial charge in [0.05, 0.1) is 24.3 Å². The van der Waals surface area contributed by atoms with E-state index in [2.05, 4.69) is 11.4 Å². The Morgan fingerprint density at radius 1 is 1.37 bits per heavy atom. The molecule has 1 amide bonds. The van der Waals surface area contributed by atoms with E-state index in [0.29, 0.717) is 28.5 Å². The first-order chi connectivity index (χ1) is 14.6. The minimum absolute atomic E-state index is 0.0438. The number of alkyl halides is 1. The van der Waals surface area contributed by atoms with E-state index in [1.165, 1.54) is 23.9 Å². The van der Waals surface area contributed by atoms with Crippen molar-refractivity contribution in [1.82, 2.24) is 5.32 Å². The van der Waals surface area contributed by atoms with Crippen LogP contribution in [0.5, 0.6) is 0 Å². The summed E-state index contributed by atoms with van der Waals surface area (Å²) in [6.45, 7) is -0.562. The van der Waals surface area contributed by atoms with Crippen molar-refractivity contribution in [2.75, 3.05) is 19.0 Å². The number of allylic oxidation sites excluding steroid dienone is 3. The van der Waals surface area contributed by atoms with Crippen LogP contribution >= 0.6 is 11.8 Å². The van der Waals surface area contributed by atoms with Gasteiger partial charge in [0, 0.05) is 22.8 Å². The highest BCUT2D eigenvalue weighted by molar-refractivity contribution is 8.13. The van der Waals surface area contributed by atoms with E-state index in [0.717, 1.165) is 0 Å². The van der Waals surface area contributed by atoms with Crippen molar-refractivity contribution in [1.29, 1.82) is 5.26 Å². The van der Waals surface area contributed by atoms with Gasteiger partial charge in [-0.15, -0.1) is 0 Å². The molecule has 1 saturated heterocycles. The number of nitrogens with zero attached hydrogens (tertiary/aromatic N) is 2. The Hall–Kier alpha value is -2.50. The Kier molecular flexibility index (Phi) is 6.02. The second-order valence-corrected chi connectivity index (χ2v) is 8.68. The van der Waals surface area contributed by atoms with Gasteiger partial charge in [-0.05, 0) is 43.0 Å². The van der Waals surface area contributed by atoms with Gasteiger partial charge in [0.15, 0.2) is 5.17 Å². The maximum Gasteiger partial charge on any atom is 0.257 e. The summed E-state index contributed by atoms with van der Waals surface area (Å²) < 4.78 is 33.9. The molecule has 8 heteroatoms. The van der Waals surface area contributed by atoms with Gasteiger partial charge >= 0.3 is 0 Å². The minimum atomic E-state index is -0.993. The number of rotatable bonds is 3. The molecule has 1 aromatic rings. The molecule has 30 heavy (non-hydrogen) atoms. The van der Waals surface area contributed by atoms with Crippen LogP contribution in [0, 0.1) is 23.2 Å². The number of amides is 1. The zero-order valence-electron chi connectivity index (χ0n) is 16.2. The zero-order chi connectivity index (χ0) is 21.1. The van der Waals surface area contributed by atoms with Crippen LogP contribution in [0.15, 0.2) is 58.9 Å². The van der Waals surface area contributed by atoms with Crippen LogP contribution < -0.4 is 5.32 Å². The summed E-state index contributed by atoms with van der Waals surface area (Å²) in [5.41, 5.74) is -0.0362. The van der Waals surface area contributed by atoms with Gasteiger partial charge in [0.25, 0.3) is 5.91 Å². The van der Waals surface area contributed by atoms with Crippen molar-refractivity contribution in [3.05, 3.63) is 59.4 Å². The van der Waals surface area contributed by atoms with Crippen LogP contribution in [0.4, 0.5) is 8.78 Å². The smallest absolute Gasteiger partial charge is 0.257 e. The maximum atomic E-state index is 15.0. The number of ether oxygens (including phenoxy) is 1. The molecule has 4 atom stereocenters. The molecule has 5 nitrogen and oxygen atoms in total. The lowest BCUT2D eigenvalue weighted by atomic mass is 9.68. The number of carbonyl (C=O) groups is 1. The van der Waals surface area contributed by atoms with Gasteiger partial charge in [-0.1, -0.05) is 30.0 Å². The third-order valence-electron chi connectivity index (χ3n) is 5.91. The van der Waals surface area contributed by atoms with Gasteiger partial charge in [0.1, 0.15) is 12.5 Å². The van der Waals surface area contributed by atoms with E-state index in [4.69, 9.17) is 9.73 Å². The Morgan fingerprint density at radius 2 is 2.17 bits per heavy atom. The Morgan fingerprint density at radius 3 is 2.90 bits per heavy atom. The predicted molar refractivity (Wildman–Crippen MR) is 111 cm³/mol. The monoisotopic (exact) mass is 429 g/mol. The molecule has 1 N–H and O–H groups in total. The highest BCUT2D eigenvalue weighted by atomic mass is 32.2. The summed E-state index contributed by atoms with van der Waals surface area (Å²) in [7, 11) is 0. The number of halogens is 2. The molecule has 0 aromatic heterocycles. The lowest BCUT2D eigenvalue weighted by molar-refractivity contribution is -0.0780. The highest BCUT2D eigenvalue weighted by Gasteiger charge is 2.53. The highest BCUT2D eigenvalue weighted by Crippen LogP contribution is 2.49. The first-order valence-corrected chi connectivity index (χ1v) is 10.8. The third-order valence-corrected chi connectivity index (χ3v) is 6.95. The summed E-state index contributed by atoms with van der Waals surface area (Å²) in [5, 5.41) is 12.5. The van der Waals surface area contributed by atoms with Crippen molar-refractivity contribution < 1.29 is 18.3 Å². The Balaban J connectivity index is 1.66. The van der Waals surface area contributed by atoms with E-state index in [1.54, 1.807) is 24.3 Å². The number of amidine groups is 1. The number of nitrogens with one attached hydrogen (secondary N) is 1. The van der Waals surface area contributed by atoms with Crippen LogP contribution in [0.2, 0.25) is 0 Å². The normalized spacial score (nSPS) is 30.8. The summed E-state index contributed by atoms with van der Waals surface area (Å²) in [4.78, 5) is 17.4. The largest absolute Gasteiger partial charge is 0.373 e. The summed E-state index contributed by atoms with van der Waals surface area (Å²) in [5.74, 6) is -0.927. The number of fused-ring (bicyclic) bond motifs is 1. The van der Waals surface area contributed by atoms with Crippen LogP contribution in [0.3, 0.4) is 0 Å². The first-order valence-electron chi connectivity index (χ1n) is 9.78. The Bertz CT molecular complexity index is 957. The van der Waals surface area contributed by atoms with Gasteiger partial charge in [-0.3, -0.25) is 9.79 Å². The standard InChI is InChI=1S/C22H21F2N3O2S/c23-10-17-9-16-12-30-21(26-20(28)15-4-2-1-3-5-15)27-22(16,13-29-17)18-8-14(11-25)6-7-19(18)24/h1-7,16-18H,8-10,12-13H2,(H,26,27,28). The van der Waals surface area contributed by atoms with Gasteiger partial charge in [0.2, 0.25) is 0 Å². The van der Waals surface area contributed by atoms with Crippen molar-refractivity contribution in [2.45, 2.75) is 24.5 Å². The molecule has 4 rings (SSSR count). The number of hydrogen-bond acceptors (Lipinski definition) is 5. The number of carbonyl (C=O) groups excluding carboxylic acids is 1. The van der Waals surface area contributed by atoms with Gasteiger partial charge in [-0.25, -0.2) is 8.78 Å². The molecule has 3 aliphatic rings. The predicted octanol–water partition coefficient (Wildman–Crippen LogP) is 3.96. The first kappa shape index (κ1) is 20.8. The second-order valence-electron chi connectivity index (χ2n) is 7.67. The molecule has 0 bridgehead atoms. The van der Waals surface area contributed by atoms with Crippen LogP contribution in [0.25, 0.3) is 0 Å². The second kappa shape index (κ2) is 8.70. The fourth-order valence-electron chi connectivity index (χ4n) is 4.27. The van der Waals surface area contributed by atoms with E-state index in [-0.39, 0.29) is 30.7 Å². The van der Waals surface area contributed by atoms with E-state index in [1.807, 2.05) is 6.07 Å². The topological polar surface area (TPSA) is 74.5 Å². The average molecular weight is 429 g/mol. The minimum Gasteiger partial charge on any atom is -0.373 e. The van der Waals surface area contributed by atoms with Crippen LogP contribution in [-0.2, 0) is 4.74 Å². The van der Waals surface area contributed by atoms with Gasteiger partial charge < -0.3 is 10.1 Å². The molecule has 1 aliphatic carbocycles. The van der Waals surface area contributed by atoms with Crippen molar-refractivity contribution >= 4 is 22.8 Å². The molecule has 2 heterocycles. The summed E-state index contributed by atoms with van der Waals surface area (Å²) >= 11 is 1.37. The quantitative estimate of drug-likeness (QED) is 0.789. The lowest BCUT2D eigenvalue weighted by Gasteiger charge is -2.49. The number of benzene rings is 1. The van der Waals surface area contributed by atoms with Crippen molar-refractivity contribution in [2.24, 2.45) is 16.8 Å². The zero-order valence-corrected chi connectivity index (χ0v) is 17.0. The molecule has 0 spiro atoms. The van der Waals surface area contributed by atoms with E-state index in [9.17, 15) is 18.8 Å². The van der Waals surface area contributed by atoms with Crippen molar-refractivity contribution in [3.63, 3.8) is 0 Å². The number of thioether (sulfide) groups is 1. The molecule has 156 valence electrons. The molecule has 0 saturated carbocycles. The average Bonchev–Trinajstić information content (AvgIpc) is 2.79. The molecule has 0 radical (unpaired) electrons. The molecule has 4 unspecified atom stereocenters. The molecular formula is C22H21F2N3O2S. The van der Waals surface area contributed by atoms with Crippen LogP contribution in [-0.4, -0.2) is 41.8 Å². The fraction of sp³-hybridized carbons (Fsp3) is 0.409. The summed E-state index contributed by atoms with van der Waals surface area (Å²) in [6, 6.07) is 10.9. The molecule has 1 aromatic carbocycles. The van der Waals surface area contributed by atoms with E-state index < -0.39 is 24.2 Å². The Labute approximate surface area is 177 Å². The third kappa shape index (κ3) is 3.92. The van der Waals surface area contributed by atoms with Crippen LogP contribution in [0.1, 0.15) is 23.2 Å². The van der Waals surface area contributed by atoms with Crippen molar-refractivity contribution in [3.8, 4) is 6.07 Å². The summed E-state index contributed by atoms with van der Waals surface area (Å²) in [6.07, 6.45) is 2.86. The number of hydrogen-bond donors (Lipinski definition) is 1. The fourth-order valence-corrected chi connectivity index (χ4v) is 5.45. The molecule has 2 aliphatic heterocycles. The van der Waals surface area contributed by atoms with E-state index >= 15 is 0 Å². The number of nitriles is 1. The SMILES string of the molecule is N#CC1=CC=C(F)C(C23COC(CF)CC2CSC(NC(=O)c2ccccc2)=N3)C1. The molecule has 1 fully saturated rings. The maximum absolute atomic E-state index is 15.0. The lowest BCUT2D eigenvalue weighted by Crippen LogP contribution is -2.57. The van der Waals surface area contributed by atoms with Gasteiger partial charge in [-0.2, -0.15) is 5.26 Å².